The first-order valence-corrected chi connectivity index (χ1v) is 12.4. The molecule has 0 aromatic heterocycles. The Morgan fingerprint density at radius 1 is 0.969 bits per heavy atom. The molecule has 2 bridgehead atoms. The molecule has 0 spiro atoms. The lowest BCUT2D eigenvalue weighted by molar-refractivity contribution is -0.162. The van der Waals surface area contributed by atoms with Crippen LogP contribution in [0.3, 0.4) is 0 Å². The minimum atomic E-state index is -0.391. The number of hydrogen-bond donors (Lipinski definition) is 0. The molecule has 2 saturated carbocycles. The normalized spacial score (nSPS) is 28.4. The van der Waals surface area contributed by atoms with E-state index in [1.54, 1.807) is 0 Å². The van der Waals surface area contributed by atoms with Gasteiger partial charge in [-0.05, 0) is 48.4 Å². The zero-order valence-electron chi connectivity index (χ0n) is 20.4. The molecule has 172 valence electrons. The lowest BCUT2D eigenvalue weighted by Gasteiger charge is -2.41. The first kappa shape index (κ1) is 23.0. The van der Waals surface area contributed by atoms with Gasteiger partial charge in [0.2, 0.25) is 0 Å². The molecule has 0 radical (unpaired) electrons. The minimum absolute atomic E-state index is 0.0169. The molecule has 4 unspecified atom stereocenters. The van der Waals surface area contributed by atoms with E-state index in [1.165, 1.54) is 6.42 Å². The highest BCUT2D eigenvalue weighted by atomic mass is 16.5. The van der Waals surface area contributed by atoms with Crippen LogP contribution < -0.4 is 0 Å². The number of nitrogens with zero attached hydrogens (tertiary/aromatic N) is 1. The summed E-state index contributed by atoms with van der Waals surface area (Å²) in [5.74, 6) is 0.483. The average Bonchev–Trinajstić information content (AvgIpc) is 3.12. The predicted molar refractivity (Wildman–Crippen MR) is 130 cm³/mol. The van der Waals surface area contributed by atoms with Gasteiger partial charge in [-0.25, -0.2) is 0 Å². The molecule has 0 amide bonds. The van der Waals surface area contributed by atoms with Crippen molar-refractivity contribution < 1.29 is 9.53 Å². The van der Waals surface area contributed by atoms with Crippen molar-refractivity contribution in [2.24, 2.45) is 22.7 Å². The van der Waals surface area contributed by atoms with E-state index in [9.17, 15) is 4.79 Å². The van der Waals surface area contributed by atoms with Crippen LogP contribution in [-0.4, -0.2) is 36.6 Å². The average molecular weight is 434 g/mol. The molecule has 3 nitrogen and oxygen atoms in total. The molecule has 4 atom stereocenters. The fraction of sp³-hybridized carbons (Fsp3) is 0.552. The van der Waals surface area contributed by atoms with Crippen molar-refractivity contribution in [1.29, 1.82) is 0 Å². The smallest absolute Gasteiger partial charge is 0.318 e. The van der Waals surface area contributed by atoms with Crippen LogP contribution in [0.1, 0.15) is 64.5 Å². The summed E-state index contributed by atoms with van der Waals surface area (Å²) >= 11 is 0. The van der Waals surface area contributed by atoms with Crippen molar-refractivity contribution in [3.8, 4) is 0 Å². The molecule has 2 aromatic rings. The second-order valence-electron chi connectivity index (χ2n) is 10.5. The van der Waals surface area contributed by atoms with Crippen LogP contribution in [0.2, 0.25) is 0 Å². The van der Waals surface area contributed by atoms with Crippen LogP contribution in [0.5, 0.6) is 0 Å². The quantitative estimate of drug-likeness (QED) is 0.468. The summed E-state index contributed by atoms with van der Waals surface area (Å²) in [5.41, 5.74) is 2.18. The Kier molecular flexibility index (Phi) is 6.49. The van der Waals surface area contributed by atoms with Gasteiger partial charge in [0.05, 0.1) is 0 Å². The number of ether oxygens (including phenoxy) is 1. The summed E-state index contributed by atoms with van der Waals surface area (Å²) in [5, 5.41) is 0. The van der Waals surface area contributed by atoms with Crippen molar-refractivity contribution in [1.82, 2.24) is 4.90 Å². The van der Waals surface area contributed by atoms with E-state index < -0.39 is 5.92 Å². The van der Waals surface area contributed by atoms with E-state index in [-0.39, 0.29) is 22.9 Å². The van der Waals surface area contributed by atoms with Gasteiger partial charge in [0.15, 0.2) is 0 Å². The van der Waals surface area contributed by atoms with Crippen molar-refractivity contribution in [3.05, 3.63) is 71.8 Å². The standard InChI is InChI=1S/C29H39NO2/c1-6-30(7-2)20-23-24-18-19-29(5,28(24,3)4)26(23)32-27(31)25(21-14-10-8-11-15-21)22-16-12-9-13-17-22/h8-17,23-26H,6-7,18-20H2,1-5H3. The number of hydrogen-bond acceptors (Lipinski definition) is 3. The van der Waals surface area contributed by atoms with Gasteiger partial charge in [-0.1, -0.05) is 95.3 Å². The van der Waals surface area contributed by atoms with Gasteiger partial charge in [0.1, 0.15) is 12.0 Å². The van der Waals surface area contributed by atoms with Crippen LogP contribution in [-0.2, 0) is 9.53 Å². The van der Waals surface area contributed by atoms with E-state index >= 15 is 0 Å². The van der Waals surface area contributed by atoms with Crippen LogP contribution in [0, 0.1) is 22.7 Å². The van der Waals surface area contributed by atoms with Crippen LogP contribution in [0.4, 0.5) is 0 Å². The van der Waals surface area contributed by atoms with E-state index in [1.807, 2.05) is 60.7 Å². The molecule has 0 saturated heterocycles. The number of carbonyl (C=O) groups excluding carboxylic acids is 1. The van der Waals surface area contributed by atoms with Gasteiger partial charge in [-0.2, -0.15) is 0 Å². The van der Waals surface area contributed by atoms with Gasteiger partial charge in [-0.15, -0.1) is 0 Å². The highest BCUT2D eigenvalue weighted by molar-refractivity contribution is 5.82. The molecule has 2 aliphatic carbocycles. The first-order valence-electron chi connectivity index (χ1n) is 12.4. The lowest BCUT2D eigenvalue weighted by Crippen LogP contribution is -2.45. The molecule has 2 aromatic carbocycles. The number of esters is 1. The van der Waals surface area contributed by atoms with Crippen molar-refractivity contribution in [3.63, 3.8) is 0 Å². The lowest BCUT2D eigenvalue weighted by atomic mass is 9.70. The third kappa shape index (κ3) is 3.79. The van der Waals surface area contributed by atoms with Gasteiger partial charge in [-0.3, -0.25) is 4.79 Å². The Bertz CT molecular complexity index is 866. The molecule has 4 rings (SSSR count). The molecule has 0 aliphatic heterocycles. The van der Waals surface area contributed by atoms with Gasteiger partial charge >= 0.3 is 5.97 Å². The third-order valence-electron chi connectivity index (χ3n) is 9.02. The fourth-order valence-corrected chi connectivity index (χ4v) is 6.67. The summed E-state index contributed by atoms with van der Waals surface area (Å²) in [6, 6.07) is 20.2. The Morgan fingerprint density at radius 2 is 1.50 bits per heavy atom. The zero-order valence-corrected chi connectivity index (χ0v) is 20.4. The van der Waals surface area contributed by atoms with E-state index in [0.29, 0.717) is 11.8 Å². The number of rotatable bonds is 8. The summed E-state index contributed by atoms with van der Waals surface area (Å²) in [7, 11) is 0. The molecule has 32 heavy (non-hydrogen) atoms. The highest BCUT2D eigenvalue weighted by Crippen LogP contribution is 2.68. The SMILES string of the molecule is CCN(CC)CC1C2CCC(C)(C1OC(=O)C(c1ccccc1)c1ccccc1)C2(C)C. The molecule has 0 heterocycles. The molecule has 2 fully saturated rings. The Morgan fingerprint density at radius 3 is 2.00 bits per heavy atom. The fourth-order valence-electron chi connectivity index (χ4n) is 6.67. The van der Waals surface area contributed by atoms with E-state index in [4.69, 9.17) is 4.74 Å². The van der Waals surface area contributed by atoms with Gasteiger partial charge < -0.3 is 9.64 Å². The number of fused-ring (bicyclic) bond motifs is 2. The molecule has 2 aliphatic rings. The Hall–Kier alpha value is -2.13. The van der Waals surface area contributed by atoms with Gasteiger partial charge in [0, 0.05) is 17.9 Å². The second-order valence-corrected chi connectivity index (χ2v) is 10.5. The summed E-state index contributed by atoms with van der Waals surface area (Å²) < 4.78 is 6.59. The highest BCUT2D eigenvalue weighted by Gasteiger charge is 2.67. The summed E-state index contributed by atoms with van der Waals surface area (Å²) in [6.07, 6.45) is 2.34. The van der Waals surface area contributed by atoms with Crippen molar-refractivity contribution in [2.75, 3.05) is 19.6 Å². The number of carbonyl (C=O) groups is 1. The largest absolute Gasteiger partial charge is 0.461 e. The third-order valence-corrected chi connectivity index (χ3v) is 9.02. The van der Waals surface area contributed by atoms with Gasteiger partial charge in [0.25, 0.3) is 0 Å². The Balaban J connectivity index is 1.67. The van der Waals surface area contributed by atoms with Crippen molar-refractivity contribution in [2.45, 2.75) is 59.5 Å². The number of benzene rings is 2. The predicted octanol–water partition coefficient (Wildman–Crippen LogP) is 6.14. The summed E-state index contributed by atoms with van der Waals surface area (Å²) in [6.45, 7) is 14.7. The van der Waals surface area contributed by atoms with E-state index in [2.05, 4.69) is 39.5 Å². The first-order chi connectivity index (χ1) is 15.3. The van der Waals surface area contributed by atoms with Crippen LogP contribution in [0.15, 0.2) is 60.7 Å². The maximum Gasteiger partial charge on any atom is 0.318 e. The second kappa shape index (κ2) is 9.02. The Labute approximate surface area is 194 Å². The maximum absolute atomic E-state index is 13.9. The molecular formula is C29H39NO2. The van der Waals surface area contributed by atoms with Crippen molar-refractivity contribution >= 4 is 5.97 Å². The molecular weight excluding hydrogens is 394 g/mol. The van der Waals surface area contributed by atoms with Crippen LogP contribution in [0.25, 0.3) is 0 Å². The molecule has 3 heteroatoms. The minimum Gasteiger partial charge on any atom is -0.461 e. The molecule has 0 N–H and O–H groups in total. The van der Waals surface area contributed by atoms with E-state index in [0.717, 1.165) is 37.2 Å². The summed E-state index contributed by atoms with van der Waals surface area (Å²) in [4.78, 5) is 16.4. The maximum atomic E-state index is 13.9. The zero-order chi connectivity index (χ0) is 22.9. The topological polar surface area (TPSA) is 29.5 Å². The monoisotopic (exact) mass is 433 g/mol. The van der Waals surface area contributed by atoms with Crippen LogP contribution >= 0.6 is 0 Å².